The fourth-order valence-electron chi connectivity index (χ4n) is 1.54. The average Bonchev–Trinajstić information content (AvgIpc) is 2.34. The molecule has 0 heterocycles. The van der Waals surface area contributed by atoms with Gasteiger partial charge in [0.1, 0.15) is 11.5 Å². The molecule has 2 aromatic rings. The van der Waals surface area contributed by atoms with Gasteiger partial charge in [0.2, 0.25) is 0 Å². The van der Waals surface area contributed by atoms with E-state index in [4.69, 9.17) is 16.3 Å². The molecule has 0 unspecified atom stereocenters. The Labute approximate surface area is 115 Å². The van der Waals surface area contributed by atoms with E-state index < -0.39 is 0 Å². The van der Waals surface area contributed by atoms with Crippen molar-refractivity contribution in [3.8, 4) is 11.5 Å². The molecule has 1 nitrogen and oxygen atoms in total. The summed E-state index contributed by atoms with van der Waals surface area (Å²) >= 11 is 9.30. The number of hydrogen-bond donors (Lipinski definition) is 0. The molecular formula is C14H12BrClO. The molecule has 0 aliphatic carbocycles. The Kier molecular flexibility index (Phi) is 4.08. The maximum absolute atomic E-state index is 5.91. The monoisotopic (exact) mass is 310 g/mol. The van der Waals surface area contributed by atoms with E-state index in [9.17, 15) is 0 Å². The molecule has 2 rings (SSSR count). The van der Waals surface area contributed by atoms with E-state index in [-0.39, 0.29) is 0 Å². The standard InChI is InChI=1S/C14H12BrClO/c1-10-2-7-14(11(8-10)9-16)17-13-5-3-12(15)4-6-13/h2-8H,9H2,1H3. The maximum atomic E-state index is 5.91. The molecule has 0 aliphatic heterocycles. The van der Waals surface area contributed by atoms with E-state index in [1.54, 1.807) is 0 Å². The van der Waals surface area contributed by atoms with Gasteiger partial charge in [0.15, 0.2) is 0 Å². The van der Waals surface area contributed by atoms with Crippen LogP contribution in [-0.4, -0.2) is 0 Å². The zero-order chi connectivity index (χ0) is 12.3. The van der Waals surface area contributed by atoms with Crippen LogP contribution in [0.2, 0.25) is 0 Å². The topological polar surface area (TPSA) is 9.23 Å². The summed E-state index contributed by atoms with van der Waals surface area (Å²) < 4.78 is 6.84. The lowest BCUT2D eigenvalue weighted by molar-refractivity contribution is 0.478. The second kappa shape index (κ2) is 5.56. The van der Waals surface area contributed by atoms with E-state index in [1.165, 1.54) is 5.56 Å². The van der Waals surface area contributed by atoms with Crippen molar-refractivity contribution in [1.82, 2.24) is 0 Å². The smallest absolute Gasteiger partial charge is 0.131 e. The van der Waals surface area contributed by atoms with Crippen molar-refractivity contribution >= 4 is 27.5 Å². The van der Waals surface area contributed by atoms with Crippen molar-refractivity contribution in [3.63, 3.8) is 0 Å². The number of aryl methyl sites for hydroxylation is 1. The summed E-state index contributed by atoms with van der Waals surface area (Å²) in [5.41, 5.74) is 2.19. The van der Waals surface area contributed by atoms with Crippen molar-refractivity contribution in [1.29, 1.82) is 0 Å². The predicted molar refractivity (Wildman–Crippen MR) is 75.0 cm³/mol. The number of alkyl halides is 1. The highest BCUT2D eigenvalue weighted by Crippen LogP contribution is 2.28. The van der Waals surface area contributed by atoms with Crippen LogP contribution in [0.3, 0.4) is 0 Å². The molecule has 0 radical (unpaired) electrons. The Morgan fingerprint density at radius 1 is 1.12 bits per heavy atom. The van der Waals surface area contributed by atoms with Crippen LogP contribution >= 0.6 is 27.5 Å². The first kappa shape index (κ1) is 12.5. The zero-order valence-electron chi connectivity index (χ0n) is 9.41. The molecule has 0 atom stereocenters. The molecule has 2 aromatic carbocycles. The van der Waals surface area contributed by atoms with Gasteiger partial charge in [0.25, 0.3) is 0 Å². The predicted octanol–water partition coefficient (Wildman–Crippen LogP) is 5.29. The summed E-state index contributed by atoms with van der Waals surface area (Å²) in [7, 11) is 0. The van der Waals surface area contributed by atoms with E-state index >= 15 is 0 Å². The maximum Gasteiger partial charge on any atom is 0.131 e. The van der Waals surface area contributed by atoms with Gasteiger partial charge in [0.05, 0.1) is 5.88 Å². The van der Waals surface area contributed by atoms with Gasteiger partial charge in [0, 0.05) is 10.0 Å². The Morgan fingerprint density at radius 2 is 1.82 bits per heavy atom. The summed E-state index contributed by atoms with van der Waals surface area (Å²) in [6.45, 7) is 2.04. The van der Waals surface area contributed by atoms with Gasteiger partial charge in [-0.05, 0) is 37.3 Å². The van der Waals surface area contributed by atoms with Crippen LogP contribution in [0.1, 0.15) is 11.1 Å². The third kappa shape index (κ3) is 3.24. The van der Waals surface area contributed by atoms with E-state index in [1.807, 2.05) is 49.4 Å². The average molecular weight is 312 g/mol. The van der Waals surface area contributed by atoms with Crippen LogP contribution < -0.4 is 4.74 Å². The number of hydrogen-bond acceptors (Lipinski definition) is 1. The van der Waals surface area contributed by atoms with Gasteiger partial charge in [-0.2, -0.15) is 0 Å². The Balaban J connectivity index is 2.26. The van der Waals surface area contributed by atoms with Crippen molar-refractivity contribution in [2.75, 3.05) is 0 Å². The van der Waals surface area contributed by atoms with Crippen molar-refractivity contribution in [2.45, 2.75) is 12.8 Å². The molecule has 0 N–H and O–H groups in total. The van der Waals surface area contributed by atoms with Gasteiger partial charge >= 0.3 is 0 Å². The Hall–Kier alpha value is -0.990. The minimum atomic E-state index is 0.452. The highest BCUT2D eigenvalue weighted by Gasteiger charge is 2.04. The van der Waals surface area contributed by atoms with Crippen LogP contribution in [0.4, 0.5) is 0 Å². The van der Waals surface area contributed by atoms with E-state index in [0.717, 1.165) is 21.5 Å². The second-order valence-corrected chi connectivity index (χ2v) is 4.98. The first-order chi connectivity index (χ1) is 8.19. The normalized spacial score (nSPS) is 10.3. The zero-order valence-corrected chi connectivity index (χ0v) is 11.8. The molecule has 0 aliphatic rings. The fraction of sp³-hybridized carbons (Fsp3) is 0.143. The Bertz CT molecular complexity index is 508. The van der Waals surface area contributed by atoms with Crippen LogP contribution in [0.15, 0.2) is 46.9 Å². The van der Waals surface area contributed by atoms with Crippen molar-refractivity contribution < 1.29 is 4.74 Å². The fourth-order valence-corrected chi connectivity index (χ4v) is 2.02. The molecule has 0 saturated carbocycles. The number of benzene rings is 2. The molecule has 0 bridgehead atoms. The molecule has 0 aromatic heterocycles. The summed E-state index contributed by atoms with van der Waals surface area (Å²) in [5.74, 6) is 2.07. The second-order valence-electron chi connectivity index (χ2n) is 3.80. The lowest BCUT2D eigenvalue weighted by atomic mass is 10.1. The number of ether oxygens (including phenoxy) is 1. The van der Waals surface area contributed by atoms with Gasteiger partial charge in [-0.15, -0.1) is 11.6 Å². The van der Waals surface area contributed by atoms with Gasteiger partial charge in [-0.1, -0.05) is 33.6 Å². The molecule has 17 heavy (non-hydrogen) atoms. The molecule has 0 amide bonds. The minimum Gasteiger partial charge on any atom is -0.457 e. The van der Waals surface area contributed by atoms with Crippen molar-refractivity contribution in [3.05, 3.63) is 58.1 Å². The largest absolute Gasteiger partial charge is 0.457 e. The van der Waals surface area contributed by atoms with Crippen LogP contribution in [-0.2, 0) is 5.88 Å². The molecular weight excluding hydrogens is 300 g/mol. The van der Waals surface area contributed by atoms with Gasteiger partial charge < -0.3 is 4.74 Å². The summed E-state index contributed by atoms with van der Waals surface area (Å²) in [4.78, 5) is 0. The molecule has 0 spiro atoms. The lowest BCUT2D eigenvalue weighted by Gasteiger charge is -2.10. The molecule has 3 heteroatoms. The van der Waals surface area contributed by atoms with Crippen molar-refractivity contribution in [2.24, 2.45) is 0 Å². The van der Waals surface area contributed by atoms with Crippen LogP contribution in [0.25, 0.3) is 0 Å². The minimum absolute atomic E-state index is 0.452. The van der Waals surface area contributed by atoms with E-state index in [2.05, 4.69) is 15.9 Å². The highest BCUT2D eigenvalue weighted by atomic mass is 79.9. The summed E-state index contributed by atoms with van der Waals surface area (Å²) in [6, 6.07) is 13.7. The first-order valence-electron chi connectivity index (χ1n) is 5.28. The SMILES string of the molecule is Cc1ccc(Oc2ccc(Br)cc2)c(CCl)c1. The Morgan fingerprint density at radius 3 is 2.47 bits per heavy atom. The molecule has 88 valence electrons. The summed E-state index contributed by atoms with van der Waals surface area (Å²) in [6.07, 6.45) is 0. The van der Waals surface area contributed by atoms with Gasteiger partial charge in [-0.3, -0.25) is 0 Å². The number of halogens is 2. The number of rotatable bonds is 3. The lowest BCUT2D eigenvalue weighted by Crippen LogP contribution is -1.90. The van der Waals surface area contributed by atoms with Crippen LogP contribution in [0.5, 0.6) is 11.5 Å². The van der Waals surface area contributed by atoms with Gasteiger partial charge in [-0.25, -0.2) is 0 Å². The molecule has 0 saturated heterocycles. The quantitative estimate of drug-likeness (QED) is 0.700. The first-order valence-corrected chi connectivity index (χ1v) is 6.60. The van der Waals surface area contributed by atoms with Crippen LogP contribution in [0, 0.1) is 6.92 Å². The third-order valence-corrected chi connectivity index (χ3v) is 3.22. The third-order valence-electron chi connectivity index (χ3n) is 2.40. The summed E-state index contributed by atoms with van der Waals surface area (Å²) in [5, 5.41) is 0. The highest BCUT2D eigenvalue weighted by molar-refractivity contribution is 9.10. The van der Waals surface area contributed by atoms with E-state index in [0.29, 0.717) is 5.88 Å². The molecule has 0 fully saturated rings.